The molecule has 1 N–H and O–H groups in total. The first kappa shape index (κ1) is 17.0. The van der Waals surface area contributed by atoms with Crippen molar-refractivity contribution in [2.45, 2.75) is 58.5 Å². The average Bonchev–Trinajstić information content (AvgIpc) is 2.44. The highest BCUT2D eigenvalue weighted by Crippen LogP contribution is 2.21. The van der Waals surface area contributed by atoms with Crippen LogP contribution in [-0.2, 0) is 14.3 Å². The van der Waals surface area contributed by atoms with Gasteiger partial charge in [-0.2, -0.15) is 0 Å². The molecule has 1 heterocycles. The van der Waals surface area contributed by atoms with Gasteiger partial charge in [0.2, 0.25) is 0 Å². The van der Waals surface area contributed by atoms with E-state index in [1.54, 1.807) is 6.92 Å². The van der Waals surface area contributed by atoms with Crippen molar-refractivity contribution in [3.8, 4) is 0 Å². The van der Waals surface area contributed by atoms with Crippen LogP contribution in [0, 0.1) is 5.92 Å². The summed E-state index contributed by atoms with van der Waals surface area (Å²) in [5.74, 6) is -0.405. The number of amides is 1. The number of piperidine rings is 1. The zero-order valence-electron chi connectivity index (χ0n) is 12.6. The van der Waals surface area contributed by atoms with E-state index in [0.717, 1.165) is 32.2 Å². The van der Waals surface area contributed by atoms with Gasteiger partial charge < -0.3 is 14.7 Å². The van der Waals surface area contributed by atoms with Gasteiger partial charge in [0.25, 0.3) is 5.91 Å². The van der Waals surface area contributed by atoms with Crippen LogP contribution in [0.4, 0.5) is 0 Å². The largest absolute Gasteiger partial charge is 0.481 e. The van der Waals surface area contributed by atoms with E-state index in [4.69, 9.17) is 9.84 Å². The molecule has 0 aromatic carbocycles. The summed E-state index contributed by atoms with van der Waals surface area (Å²) in [7, 11) is 0. The van der Waals surface area contributed by atoms with Crippen molar-refractivity contribution < 1.29 is 19.4 Å². The van der Waals surface area contributed by atoms with E-state index in [9.17, 15) is 9.59 Å². The predicted molar refractivity (Wildman–Crippen MR) is 76.5 cm³/mol. The van der Waals surface area contributed by atoms with Gasteiger partial charge >= 0.3 is 5.97 Å². The minimum absolute atomic E-state index is 0.0427. The molecule has 0 spiro atoms. The summed E-state index contributed by atoms with van der Waals surface area (Å²) in [6.45, 7) is 5.96. The predicted octanol–water partition coefficient (Wildman–Crippen LogP) is 2.29. The van der Waals surface area contributed by atoms with Gasteiger partial charge in [0, 0.05) is 26.1 Å². The lowest BCUT2D eigenvalue weighted by atomic mass is 9.93. The zero-order valence-corrected chi connectivity index (χ0v) is 12.6. The fourth-order valence-electron chi connectivity index (χ4n) is 2.56. The maximum absolute atomic E-state index is 12.3. The second-order valence-electron chi connectivity index (χ2n) is 5.59. The Morgan fingerprint density at radius 2 is 2.20 bits per heavy atom. The number of ether oxygens (including phenoxy) is 1. The van der Waals surface area contributed by atoms with Gasteiger partial charge in [0.15, 0.2) is 0 Å². The number of carbonyl (C=O) groups is 2. The van der Waals surface area contributed by atoms with E-state index in [2.05, 4.69) is 6.92 Å². The molecule has 5 heteroatoms. The van der Waals surface area contributed by atoms with E-state index in [0.29, 0.717) is 25.5 Å². The third-order valence-corrected chi connectivity index (χ3v) is 3.81. The Labute approximate surface area is 121 Å². The highest BCUT2D eigenvalue weighted by molar-refractivity contribution is 5.80. The number of carboxylic acids is 1. The first-order valence-corrected chi connectivity index (χ1v) is 7.66. The van der Waals surface area contributed by atoms with E-state index in [-0.39, 0.29) is 18.4 Å². The molecule has 1 rings (SSSR count). The summed E-state index contributed by atoms with van der Waals surface area (Å²) in [4.78, 5) is 24.7. The van der Waals surface area contributed by atoms with Crippen LogP contribution in [-0.4, -0.2) is 47.7 Å². The molecule has 20 heavy (non-hydrogen) atoms. The first-order valence-electron chi connectivity index (χ1n) is 7.66. The van der Waals surface area contributed by atoms with E-state index < -0.39 is 5.97 Å². The molecule has 0 aromatic heterocycles. The minimum Gasteiger partial charge on any atom is -0.481 e. The van der Waals surface area contributed by atoms with Crippen LogP contribution < -0.4 is 0 Å². The zero-order chi connectivity index (χ0) is 15.0. The van der Waals surface area contributed by atoms with Crippen molar-refractivity contribution >= 4 is 11.9 Å². The van der Waals surface area contributed by atoms with Crippen molar-refractivity contribution in [2.75, 3.05) is 19.7 Å². The summed E-state index contributed by atoms with van der Waals surface area (Å²) in [6, 6.07) is 0. The Morgan fingerprint density at radius 1 is 1.45 bits per heavy atom. The van der Waals surface area contributed by atoms with Crippen LogP contribution >= 0.6 is 0 Å². The summed E-state index contributed by atoms with van der Waals surface area (Å²) in [5, 5.41) is 8.73. The first-order chi connectivity index (χ1) is 9.54. The fourth-order valence-corrected chi connectivity index (χ4v) is 2.56. The van der Waals surface area contributed by atoms with Gasteiger partial charge in [-0.1, -0.05) is 13.3 Å². The third-order valence-electron chi connectivity index (χ3n) is 3.81. The molecule has 116 valence electrons. The lowest BCUT2D eigenvalue weighted by Crippen LogP contribution is -2.45. The highest BCUT2D eigenvalue weighted by Gasteiger charge is 2.27. The Morgan fingerprint density at radius 3 is 2.85 bits per heavy atom. The topological polar surface area (TPSA) is 66.8 Å². The van der Waals surface area contributed by atoms with Crippen LogP contribution in [0.15, 0.2) is 0 Å². The highest BCUT2D eigenvalue weighted by atomic mass is 16.5. The fraction of sp³-hybridized carbons (Fsp3) is 0.867. The summed E-state index contributed by atoms with van der Waals surface area (Å²) in [6.07, 6.45) is 4.46. The molecule has 1 saturated heterocycles. The molecule has 1 fully saturated rings. The summed E-state index contributed by atoms with van der Waals surface area (Å²) in [5.41, 5.74) is 0. The second kappa shape index (κ2) is 8.95. The molecular weight excluding hydrogens is 258 g/mol. The lowest BCUT2D eigenvalue weighted by molar-refractivity contribution is -0.144. The molecule has 0 aliphatic carbocycles. The maximum Gasteiger partial charge on any atom is 0.303 e. The monoisotopic (exact) mass is 285 g/mol. The van der Waals surface area contributed by atoms with Gasteiger partial charge in [-0.05, 0) is 38.5 Å². The van der Waals surface area contributed by atoms with Crippen molar-refractivity contribution in [1.29, 1.82) is 0 Å². The van der Waals surface area contributed by atoms with Crippen LogP contribution in [0.1, 0.15) is 52.4 Å². The van der Waals surface area contributed by atoms with Gasteiger partial charge in [-0.15, -0.1) is 0 Å². The number of hydrogen-bond donors (Lipinski definition) is 1. The molecule has 0 bridgehead atoms. The van der Waals surface area contributed by atoms with Crippen molar-refractivity contribution in [1.82, 2.24) is 4.90 Å². The minimum atomic E-state index is -0.760. The molecule has 1 aliphatic heterocycles. The third kappa shape index (κ3) is 5.90. The molecule has 2 atom stereocenters. The standard InChI is InChI=1S/C15H27NO4/c1-3-4-10-20-12(2)15(19)16-9-5-6-13(11-16)7-8-14(17)18/h12-13H,3-11H2,1-2H3,(H,17,18)/t12-,13+/m1/s1. The molecular formula is C15H27NO4. The summed E-state index contributed by atoms with van der Waals surface area (Å²) >= 11 is 0. The quantitative estimate of drug-likeness (QED) is 0.695. The van der Waals surface area contributed by atoms with E-state index in [1.165, 1.54) is 0 Å². The number of likely N-dealkylation sites (tertiary alicyclic amines) is 1. The second-order valence-corrected chi connectivity index (χ2v) is 5.59. The Kier molecular flexibility index (Phi) is 7.59. The molecule has 0 aromatic rings. The molecule has 0 radical (unpaired) electrons. The Balaban J connectivity index is 2.37. The number of carboxylic acid groups (broad SMARTS) is 1. The van der Waals surface area contributed by atoms with Gasteiger partial charge in [-0.3, -0.25) is 9.59 Å². The van der Waals surface area contributed by atoms with E-state index >= 15 is 0 Å². The molecule has 0 unspecified atom stereocenters. The van der Waals surface area contributed by atoms with E-state index in [1.807, 2.05) is 4.90 Å². The Bertz CT molecular complexity index is 319. The number of unbranched alkanes of at least 4 members (excludes halogenated alkanes) is 1. The van der Waals surface area contributed by atoms with Crippen molar-refractivity contribution in [2.24, 2.45) is 5.92 Å². The van der Waals surface area contributed by atoms with Gasteiger partial charge in [-0.25, -0.2) is 0 Å². The molecule has 1 amide bonds. The van der Waals surface area contributed by atoms with Gasteiger partial charge in [0.1, 0.15) is 6.10 Å². The number of hydrogen-bond acceptors (Lipinski definition) is 3. The van der Waals surface area contributed by atoms with Crippen LogP contribution in [0.2, 0.25) is 0 Å². The number of carbonyl (C=O) groups excluding carboxylic acids is 1. The van der Waals surface area contributed by atoms with Crippen molar-refractivity contribution in [3.63, 3.8) is 0 Å². The number of nitrogens with zero attached hydrogens (tertiary/aromatic N) is 1. The Hall–Kier alpha value is -1.10. The van der Waals surface area contributed by atoms with Crippen LogP contribution in [0.5, 0.6) is 0 Å². The molecule has 5 nitrogen and oxygen atoms in total. The average molecular weight is 285 g/mol. The normalized spacial score (nSPS) is 20.7. The maximum atomic E-state index is 12.3. The molecule has 1 aliphatic rings. The van der Waals surface area contributed by atoms with Crippen molar-refractivity contribution in [3.05, 3.63) is 0 Å². The SMILES string of the molecule is CCCCO[C@H](C)C(=O)N1CCC[C@@H](CCC(=O)O)C1. The smallest absolute Gasteiger partial charge is 0.303 e. The van der Waals surface area contributed by atoms with Crippen LogP contribution in [0.25, 0.3) is 0 Å². The number of aliphatic carboxylic acids is 1. The van der Waals surface area contributed by atoms with Crippen LogP contribution in [0.3, 0.4) is 0 Å². The number of rotatable bonds is 8. The summed E-state index contributed by atoms with van der Waals surface area (Å²) < 4.78 is 5.55. The van der Waals surface area contributed by atoms with Gasteiger partial charge in [0.05, 0.1) is 0 Å². The molecule has 0 saturated carbocycles. The lowest BCUT2D eigenvalue weighted by Gasteiger charge is -2.34.